The molecule has 4 rings (SSSR count). The lowest BCUT2D eigenvalue weighted by Gasteiger charge is -2.19. The summed E-state index contributed by atoms with van der Waals surface area (Å²) in [4.78, 5) is 17.0. The highest BCUT2D eigenvalue weighted by Crippen LogP contribution is 2.24. The molecular formula is C31H37N3O3. The van der Waals surface area contributed by atoms with Crippen LogP contribution in [0.3, 0.4) is 0 Å². The summed E-state index contributed by atoms with van der Waals surface area (Å²) in [6, 6.07) is 25.9. The molecule has 0 saturated heterocycles. The smallest absolute Gasteiger partial charge is 0.257 e. The van der Waals surface area contributed by atoms with E-state index in [1.807, 2.05) is 48.5 Å². The highest BCUT2D eigenvalue weighted by atomic mass is 16.5. The molecule has 1 aromatic heterocycles. The van der Waals surface area contributed by atoms with Crippen molar-refractivity contribution in [2.24, 2.45) is 0 Å². The summed E-state index contributed by atoms with van der Waals surface area (Å²) in [6.45, 7) is 8.68. The first kappa shape index (κ1) is 26.3. The number of para-hydroxylation sites is 3. The number of carbonyl (C=O) groups excluding carboxylic acids is 1. The first-order valence-electron chi connectivity index (χ1n) is 13.0. The molecule has 37 heavy (non-hydrogen) atoms. The van der Waals surface area contributed by atoms with Gasteiger partial charge in [0.15, 0.2) is 6.61 Å². The molecule has 0 spiro atoms. The number of ether oxygens (including phenoxy) is 2. The Balaban J connectivity index is 1.25. The predicted molar refractivity (Wildman–Crippen MR) is 148 cm³/mol. The van der Waals surface area contributed by atoms with Crippen molar-refractivity contribution in [3.8, 4) is 11.5 Å². The van der Waals surface area contributed by atoms with Crippen LogP contribution in [-0.4, -0.2) is 35.2 Å². The van der Waals surface area contributed by atoms with Crippen molar-refractivity contribution in [1.29, 1.82) is 0 Å². The maximum Gasteiger partial charge on any atom is 0.257 e. The van der Waals surface area contributed by atoms with E-state index in [9.17, 15) is 4.79 Å². The van der Waals surface area contributed by atoms with E-state index in [0.717, 1.165) is 42.0 Å². The van der Waals surface area contributed by atoms with Gasteiger partial charge in [-0.15, -0.1) is 0 Å². The third-order valence-corrected chi connectivity index (χ3v) is 6.28. The largest absolute Gasteiger partial charge is 0.494 e. The standard InChI is InChI=1S/C31H37N3O3/c1-31(2,3)24-15-17-26(18-16-24)36-22-10-9-21-34-28-14-8-7-13-27(28)33-29(34)19-20-32-30(35)23-37-25-11-5-4-6-12-25/h4-8,11-18H,9-10,19-23H2,1-3H3,(H,32,35). The molecule has 194 valence electrons. The van der Waals surface area contributed by atoms with Gasteiger partial charge in [0, 0.05) is 19.5 Å². The van der Waals surface area contributed by atoms with Crippen molar-refractivity contribution in [2.45, 2.75) is 52.0 Å². The number of imidazole rings is 1. The molecule has 4 aromatic rings. The Morgan fingerprint density at radius 3 is 2.32 bits per heavy atom. The van der Waals surface area contributed by atoms with Crippen LogP contribution in [0.2, 0.25) is 0 Å². The number of aryl methyl sites for hydroxylation is 1. The molecule has 0 unspecified atom stereocenters. The minimum atomic E-state index is -0.140. The molecule has 0 radical (unpaired) electrons. The minimum absolute atomic E-state index is 0.000633. The van der Waals surface area contributed by atoms with Gasteiger partial charge in [0.05, 0.1) is 17.6 Å². The summed E-state index contributed by atoms with van der Waals surface area (Å²) in [6.07, 6.45) is 2.58. The molecule has 0 saturated carbocycles. The van der Waals surface area contributed by atoms with Crippen LogP contribution in [0.15, 0.2) is 78.9 Å². The summed E-state index contributed by atoms with van der Waals surface area (Å²) < 4.78 is 13.8. The first-order chi connectivity index (χ1) is 17.9. The van der Waals surface area contributed by atoms with Crippen LogP contribution in [0.25, 0.3) is 11.0 Å². The summed E-state index contributed by atoms with van der Waals surface area (Å²) >= 11 is 0. The van der Waals surface area contributed by atoms with Crippen LogP contribution in [0.1, 0.15) is 45.0 Å². The number of hydrogen-bond donors (Lipinski definition) is 1. The number of nitrogens with one attached hydrogen (secondary N) is 1. The number of unbranched alkanes of at least 4 members (excludes halogenated alkanes) is 1. The summed E-state index contributed by atoms with van der Waals surface area (Å²) in [5, 5.41) is 2.94. The molecule has 3 aromatic carbocycles. The minimum Gasteiger partial charge on any atom is -0.494 e. The number of benzene rings is 3. The first-order valence-corrected chi connectivity index (χ1v) is 13.0. The van der Waals surface area contributed by atoms with Gasteiger partial charge in [-0.3, -0.25) is 4.79 Å². The Kier molecular flexibility index (Phi) is 8.83. The van der Waals surface area contributed by atoms with Crippen LogP contribution < -0.4 is 14.8 Å². The highest BCUT2D eigenvalue weighted by molar-refractivity contribution is 5.77. The van der Waals surface area contributed by atoms with E-state index < -0.39 is 0 Å². The molecule has 0 aliphatic carbocycles. The van der Waals surface area contributed by atoms with Crippen LogP contribution in [0, 0.1) is 0 Å². The van der Waals surface area contributed by atoms with E-state index in [-0.39, 0.29) is 17.9 Å². The zero-order valence-electron chi connectivity index (χ0n) is 22.1. The normalized spacial score (nSPS) is 11.4. The SMILES string of the molecule is CC(C)(C)c1ccc(OCCCCn2c(CCNC(=O)COc3ccccc3)nc3ccccc32)cc1. The average molecular weight is 500 g/mol. The monoisotopic (exact) mass is 499 g/mol. The summed E-state index contributed by atoms with van der Waals surface area (Å²) in [5.41, 5.74) is 3.54. The molecular weight excluding hydrogens is 462 g/mol. The fourth-order valence-electron chi connectivity index (χ4n) is 4.21. The summed E-state index contributed by atoms with van der Waals surface area (Å²) in [5.74, 6) is 2.43. The van der Waals surface area contributed by atoms with Crippen molar-refractivity contribution in [1.82, 2.24) is 14.9 Å². The van der Waals surface area contributed by atoms with E-state index in [4.69, 9.17) is 14.5 Å². The molecule has 1 amide bonds. The topological polar surface area (TPSA) is 65.4 Å². The maximum absolute atomic E-state index is 12.2. The van der Waals surface area contributed by atoms with Gasteiger partial charge in [-0.25, -0.2) is 4.98 Å². The zero-order valence-corrected chi connectivity index (χ0v) is 22.1. The van der Waals surface area contributed by atoms with Gasteiger partial charge in [0.1, 0.15) is 17.3 Å². The van der Waals surface area contributed by atoms with E-state index >= 15 is 0 Å². The van der Waals surface area contributed by atoms with Gasteiger partial charge < -0.3 is 19.4 Å². The van der Waals surface area contributed by atoms with Crippen LogP contribution in [-0.2, 0) is 23.2 Å². The number of nitrogens with zero attached hydrogens (tertiary/aromatic N) is 2. The van der Waals surface area contributed by atoms with Gasteiger partial charge >= 0.3 is 0 Å². The third-order valence-electron chi connectivity index (χ3n) is 6.28. The van der Waals surface area contributed by atoms with Crippen LogP contribution >= 0.6 is 0 Å². The fraction of sp³-hybridized carbons (Fsp3) is 0.355. The van der Waals surface area contributed by atoms with Crippen LogP contribution in [0.5, 0.6) is 11.5 Å². The zero-order chi connectivity index (χ0) is 26.1. The number of amides is 1. The van der Waals surface area contributed by atoms with Crippen molar-refractivity contribution >= 4 is 16.9 Å². The number of fused-ring (bicyclic) bond motifs is 1. The fourth-order valence-corrected chi connectivity index (χ4v) is 4.21. The van der Waals surface area contributed by atoms with Gasteiger partial charge in [-0.05, 0) is 60.2 Å². The Bertz CT molecular complexity index is 1270. The molecule has 0 bridgehead atoms. The van der Waals surface area contributed by atoms with E-state index in [1.165, 1.54) is 5.56 Å². The van der Waals surface area contributed by atoms with Gasteiger partial charge in [0.25, 0.3) is 5.91 Å². The molecule has 1 N–H and O–H groups in total. The lowest BCUT2D eigenvalue weighted by atomic mass is 9.87. The second-order valence-electron chi connectivity index (χ2n) is 10.2. The number of rotatable bonds is 12. The third kappa shape index (κ3) is 7.59. The second-order valence-corrected chi connectivity index (χ2v) is 10.2. The van der Waals surface area contributed by atoms with Gasteiger partial charge in [0.2, 0.25) is 0 Å². The van der Waals surface area contributed by atoms with Gasteiger partial charge in [-0.2, -0.15) is 0 Å². The number of hydrogen-bond acceptors (Lipinski definition) is 4. The maximum atomic E-state index is 12.2. The number of aromatic nitrogens is 2. The quantitative estimate of drug-likeness (QED) is 0.245. The Morgan fingerprint density at radius 1 is 0.865 bits per heavy atom. The lowest BCUT2D eigenvalue weighted by molar-refractivity contribution is -0.123. The molecule has 0 atom stereocenters. The van der Waals surface area contributed by atoms with E-state index in [1.54, 1.807) is 0 Å². The van der Waals surface area contributed by atoms with Crippen molar-refractivity contribution in [3.05, 3.63) is 90.3 Å². The Labute approximate surface area is 219 Å². The van der Waals surface area contributed by atoms with E-state index in [0.29, 0.717) is 25.3 Å². The number of carbonyl (C=O) groups is 1. The molecule has 0 aliphatic heterocycles. The second kappa shape index (κ2) is 12.4. The molecule has 0 aliphatic rings. The van der Waals surface area contributed by atoms with Crippen molar-refractivity contribution in [3.63, 3.8) is 0 Å². The molecule has 1 heterocycles. The lowest BCUT2D eigenvalue weighted by Crippen LogP contribution is -2.31. The average Bonchev–Trinajstić information content (AvgIpc) is 3.25. The Hall–Kier alpha value is -3.80. The van der Waals surface area contributed by atoms with E-state index in [2.05, 4.69) is 61.0 Å². The highest BCUT2D eigenvalue weighted by Gasteiger charge is 2.13. The molecule has 6 nitrogen and oxygen atoms in total. The molecule has 0 fully saturated rings. The summed E-state index contributed by atoms with van der Waals surface area (Å²) in [7, 11) is 0. The predicted octanol–water partition coefficient (Wildman–Crippen LogP) is 5.93. The Morgan fingerprint density at radius 2 is 1.57 bits per heavy atom. The van der Waals surface area contributed by atoms with Crippen molar-refractivity contribution < 1.29 is 14.3 Å². The van der Waals surface area contributed by atoms with Crippen molar-refractivity contribution in [2.75, 3.05) is 19.8 Å². The van der Waals surface area contributed by atoms with Gasteiger partial charge in [-0.1, -0.05) is 63.2 Å². The molecule has 6 heteroatoms. The van der Waals surface area contributed by atoms with Crippen LogP contribution in [0.4, 0.5) is 0 Å².